The van der Waals surface area contributed by atoms with Crippen LogP contribution in [0.3, 0.4) is 0 Å². The Kier molecular flexibility index (Phi) is 5.29. The summed E-state index contributed by atoms with van der Waals surface area (Å²) in [5.41, 5.74) is 6.55. The summed E-state index contributed by atoms with van der Waals surface area (Å²) < 4.78 is 40.4. The summed E-state index contributed by atoms with van der Waals surface area (Å²) in [5.74, 6) is 0.603. The lowest BCUT2D eigenvalue weighted by atomic mass is 10.1. The van der Waals surface area contributed by atoms with Crippen molar-refractivity contribution in [1.82, 2.24) is 14.0 Å². The van der Waals surface area contributed by atoms with Crippen LogP contribution >= 0.6 is 0 Å². The molecule has 9 nitrogen and oxygen atoms in total. The number of carbonyl (C=O) groups is 1. The van der Waals surface area contributed by atoms with E-state index in [0.717, 1.165) is 10.9 Å². The highest BCUT2D eigenvalue weighted by Gasteiger charge is 2.34. The number of nitrogens with zero attached hydrogens (tertiary/aromatic N) is 3. The molecule has 10 heteroatoms. The summed E-state index contributed by atoms with van der Waals surface area (Å²) in [4.78, 5) is 11.4. The maximum Gasteiger partial charge on any atom is 0.248 e. The Morgan fingerprint density at radius 3 is 2.63 bits per heavy atom. The van der Waals surface area contributed by atoms with Crippen molar-refractivity contribution < 1.29 is 22.5 Å². The summed E-state index contributed by atoms with van der Waals surface area (Å²) in [6, 6.07) is 7.55. The lowest BCUT2D eigenvalue weighted by Gasteiger charge is -2.31. The average Bonchev–Trinajstić information content (AvgIpc) is 3.26. The van der Waals surface area contributed by atoms with Crippen LogP contribution in [0.2, 0.25) is 0 Å². The minimum absolute atomic E-state index is 0.102. The first-order chi connectivity index (χ1) is 14.3. The van der Waals surface area contributed by atoms with E-state index in [2.05, 4.69) is 5.16 Å². The van der Waals surface area contributed by atoms with Gasteiger partial charge in [-0.05, 0) is 44.9 Å². The predicted octanol–water partition coefficient (Wildman–Crippen LogP) is 1.96. The van der Waals surface area contributed by atoms with Gasteiger partial charge in [-0.1, -0.05) is 11.2 Å². The van der Waals surface area contributed by atoms with Crippen molar-refractivity contribution in [3.05, 3.63) is 41.9 Å². The highest BCUT2D eigenvalue weighted by molar-refractivity contribution is 7.89. The third-order valence-electron chi connectivity index (χ3n) is 5.36. The van der Waals surface area contributed by atoms with Gasteiger partial charge >= 0.3 is 0 Å². The Morgan fingerprint density at radius 1 is 1.27 bits per heavy atom. The molecule has 2 N–H and O–H groups in total. The quantitative estimate of drug-likeness (QED) is 0.636. The molecule has 0 unspecified atom stereocenters. The number of piperidine rings is 1. The smallest absolute Gasteiger partial charge is 0.248 e. The Labute approximate surface area is 174 Å². The molecule has 1 aliphatic rings. The Hall–Kier alpha value is -2.85. The van der Waals surface area contributed by atoms with Gasteiger partial charge in [0.2, 0.25) is 15.9 Å². The fraction of sp³-hybridized carbons (Fsp3) is 0.400. The number of carbonyl (C=O) groups excluding carboxylic acids is 1. The second-order valence-corrected chi connectivity index (χ2v) is 9.35. The van der Waals surface area contributed by atoms with Gasteiger partial charge in [-0.15, -0.1) is 0 Å². The number of hydrogen-bond donors (Lipinski definition) is 1. The minimum Gasteiger partial charge on any atom is -0.490 e. The molecule has 1 aliphatic heterocycles. The number of aromatic nitrogens is 2. The van der Waals surface area contributed by atoms with Crippen LogP contribution in [-0.2, 0) is 21.4 Å². The van der Waals surface area contributed by atoms with E-state index in [-0.39, 0.29) is 17.5 Å². The highest BCUT2D eigenvalue weighted by atomic mass is 32.2. The molecular weight excluding hydrogens is 408 g/mol. The molecule has 2 aromatic heterocycles. The highest BCUT2D eigenvalue weighted by Crippen LogP contribution is 2.31. The molecule has 0 atom stereocenters. The van der Waals surface area contributed by atoms with E-state index in [1.165, 1.54) is 4.31 Å². The number of sulfonamides is 1. The molecule has 1 fully saturated rings. The number of nitrogens with two attached hydrogens (primary N) is 1. The first-order valence-corrected chi connectivity index (χ1v) is 11.2. The van der Waals surface area contributed by atoms with Crippen molar-refractivity contribution >= 4 is 26.8 Å². The molecule has 1 saturated heterocycles. The van der Waals surface area contributed by atoms with Crippen molar-refractivity contribution in [2.24, 2.45) is 5.73 Å². The monoisotopic (exact) mass is 432 g/mol. The van der Waals surface area contributed by atoms with Crippen molar-refractivity contribution in [3.63, 3.8) is 0 Å². The lowest BCUT2D eigenvalue weighted by molar-refractivity contribution is -0.118. The number of aryl methyl sites for hydroxylation is 2. The molecule has 160 valence electrons. The molecule has 4 rings (SSSR count). The molecule has 0 spiro atoms. The second-order valence-electron chi connectivity index (χ2n) is 7.47. The molecule has 3 aromatic rings. The van der Waals surface area contributed by atoms with Crippen molar-refractivity contribution in [2.75, 3.05) is 13.1 Å². The van der Waals surface area contributed by atoms with Crippen molar-refractivity contribution in [1.29, 1.82) is 0 Å². The van der Waals surface area contributed by atoms with E-state index in [9.17, 15) is 13.2 Å². The number of ether oxygens (including phenoxy) is 1. The van der Waals surface area contributed by atoms with Gasteiger partial charge in [-0.2, -0.15) is 4.31 Å². The number of benzene rings is 1. The van der Waals surface area contributed by atoms with Crippen LogP contribution in [0.25, 0.3) is 10.9 Å². The number of hydrogen-bond acceptors (Lipinski definition) is 6. The molecule has 1 aromatic carbocycles. The summed E-state index contributed by atoms with van der Waals surface area (Å²) in [6.45, 7) is 4.05. The predicted molar refractivity (Wildman–Crippen MR) is 110 cm³/mol. The van der Waals surface area contributed by atoms with Gasteiger partial charge in [0.25, 0.3) is 0 Å². The van der Waals surface area contributed by atoms with Crippen molar-refractivity contribution in [2.45, 2.75) is 44.2 Å². The van der Waals surface area contributed by atoms with E-state index in [1.54, 1.807) is 24.6 Å². The molecule has 0 bridgehead atoms. The van der Waals surface area contributed by atoms with E-state index in [4.69, 9.17) is 15.0 Å². The largest absolute Gasteiger partial charge is 0.490 e. The molecule has 1 amide bonds. The summed E-state index contributed by atoms with van der Waals surface area (Å²) in [6.07, 6.45) is 2.84. The molecule has 0 radical (unpaired) electrons. The van der Waals surface area contributed by atoms with Gasteiger partial charge in [-0.25, -0.2) is 8.42 Å². The van der Waals surface area contributed by atoms with Gasteiger partial charge in [0.05, 0.1) is 5.52 Å². The van der Waals surface area contributed by atoms with Crippen LogP contribution in [0.5, 0.6) is 5.75 Å². The van der Waals surface area contributed by atoms with E-state index in [1.807, 2.05) is 24.3 Å². The maximum atomic E-state index is 13.0. The van der Waals surface area contributed by atoms with Gasteiger partial charge in [-0.3, -0.25) is 4.79 Å². The topological polar surface area (TPSA) is 121 Å². The lowest BCUT2D eigenvalue weighted by Crippen LogP contribution is -2.42. The van der Waals surface area contributed by atoms with Crippen LogP contribution in [0, 0.1) is 13.8 Å². The summed E-state index contributed by atoms with van der Waals surface area (Å²) in [7, 11) is -3.64. The van der Waals surface area contributed by atoms with Crippen LogP contribution < -0.4 is 10.5 Å². The van der Waals surface area contributed by atoms with Crippen LogP contribution in [0.1, 0.15) is 24.3 Å². The molecule has 30 heavy (non-hydrogen) atoms. The number of rotatable bonds is 6. The third-order valence-corrected chi connectivity index (χ3v) is 7.50. The number of primary amides is 1. The molecule has 0 aliphatic carbocycles. The standard InChI is InChI=1S/C20H24N4O5S/c1-13-20(14(2)29-22-13)30(26,27)24-10-6-15(7-11-24)28-18-5-3-4-17-16(18)8-9-23(17)12-19(21)25/h3-5,8-9,15H,6-7,10-12H2,1-2H3,(H2,21,25). The second kappa shape index (κ2) is 7.77. The Morgan fingerprint density at radius 2 is 2.00 bits per heavy atom. The third kappa shape index (κ3) is 3.68. The minimum atomic E-state index is -3.64. The van der Waals surface area contributed by atoms with Gasteiger partial charge in [0.1, 0.15) is 29.0 Å². The molecule has 3 heterocycles. The average molecular weight is 433 g/mol. The van der Waals surface area contributed by atoms with Crippen LogP contribution in [0.15, 0.2) is 39.9 Å². The zero-order valence-corrected chi connectivity index (χ0v) is 17.7. The normalized spacial score (nSPS) is 16.2. The Balaban J connectivity index is 1.47. The first kappa shape index (κ1) is 20.4. The fourth-order valence-corrected chi connectivity index (χ4v) is 5.71. The molecular formula is C20H24N4O5S. The van der Waals surface area contributed by atoms with Gasteiger partial charge < -0.3 is 19.6 Å². The summed E-state index contributed by atoms with van der Waals surface area (Å²) >= 11 is 0. The van der Waals surface area contributed by atoms with Crippen LogP contribution in [0.4, 0.5) is 0 Å². The molecule has 0 saturated carbocycles. The number of amides is 1. The first-order valence-electron chi connectivity index (χ1n) is 9.73. The fourth-order valence-electron chi connectivity index (χ4n) is 3.95. The SMILES string of the molecule is Cc1noc(C)c1S(=O)(=O)N1CCC(Oc2cccc3c2ccn3CC(N)=O)CC1. The van der Waals surface area contributed by atoms with Crippen molar-refractivity contribution in [3.8, 4) is 5.75 Å². The van der Waals surface area contributed by atoms with E-state index < -0.39 is 15.9 Å². The maximum absolute atomic E-state index is 13.0. The van der Waals surface area contributed by atoms with E-state index in [0.29, 0.717) is 43.1 Å². The number of fused-ring (bicyclic) bond motifs is 1. The van der Waals surface area contributed by atoms with Crippen LogP contribution in [-0.4, -0.2) is 47.5 Å². The van der Waals surface area contributed by atoms with Gasteiger partial charge in [0.15, 0.2) is 5.76 Å². The van der Waals surface area contributed by atoms with E-state index >= 15 is 0 Å². The zero-order valence-electron chi connectivity index (χ0n) is 16.9. The summed E-state index contributed by atoms with van der Waals surface area (Å²) in [5, 5.41) is 4.65. The van der Waals surface area contributed by atoms with Gasteiger partial charge in [0, 0.05) is 24.7 Å². The zero-order chi connectivity index (χ0) is 21.5. The Bertz CT molecular complexity index is 1170.